The predicted molar refractivity (Wildman–Crippen MR) is 111 cm³/mol. The number of nitrogens with one attached hydrogen (secondary N) is 1. The molecule has 1 N–H and O–H groups in total. The van der Waals surface area contributed by atoms with E-state index in [9.17, 15) is 9.59 Å². The molecule has 1 aromatic heterocycles. The molecule has 5 nitrogen and oxygen atoms in total. The van der Waals surface area contributed by atoms with Gasteiger partial charge in [-0.25, -0.2) is 4.98 Å². The van der Waals surface area contributed by atoms with Crippen molar-refractivity contribution in [2.24, 2.45) is 0 Å². The number of amides is 2. The number of hydrogen-bond acceptors (Lipinski definition) is 4. The Morgan fingerprint density at radius 1 is 1.22 bits per heavy atom. The van der Waals surface area contributed by atoms with Crippen LogP contribution in [0, 0.1) is 6.92 Å². The minimum absolute atomic E-state index is 0.00743. The Kier molecular flexibility index (Phi) is 6.76. The van der Waals surface area contributed by atoms with E-state index in [0.29, 0.717) is 10.7 Å². The summed E-state index contributed by atoms with van der Waals surface area (Å²) in [6.45, 7) is 12.3. The van der Waals surface area contributed by atoms with Gasteiger partial charge < -0.3 is 10.2 Å². The van der Waals surface area contributed by atoms with Gasteiger partial charge >= 0.3 is 0 Å². The molecule has 0 fully saturated rings. The first-order chi connectivity index (χ1) is 12.6. The summed E-state index contributed by atoms with van der Waals surface area (Å²) in [7, 11) is 0. The lowest BCUT2D eigenvalue weighted by atomic mass is 9.86. The zero-order valence-electron chi connectivity index (χ0n) is 17.0. The first-order valence-electron chi connectivity index (χ1n) is 9.25. The fourth-order valence-corrected chi connectivity index (χ4v) is 3.33. The maximum absolute atomic E-state index is 13.0. The van der Waals surface area contributed by atoms with Crippen molar-refractivity contribution >= 4 is 28.3 Å². The van der Waals surface area contributed by atoms with Crippen LogP contribution in [-0.2, 0) is 10.2 Å². The van der Waals surface area contributed by atoms with Crippen LogP contribution < -0.4 is 5.32 Å². The van der Waals surface area contributed by atoms with Gasteiger partial charge in [-0.2, -0.15) is 0 Å². The SMILES string of the molecule is CCC(C)N(CC(=O)Nc1ncc(C)s1)C(=O)c1ccc(C(C)(C)C)cc1. The van der Waals surface area contributed by atoms with E-state index in [1.807, 2.05) is 45.0 Å². The van der Waals surface area contributed by atoms with Gasteiger partial charge in [0.25, 0.3) is 5.91 Å². The molecule has 0 saturated carbocycles. The standard InChI is InChI=1S/C21H29N3O2S/c1-7-14(2)24(13-18(25)23-20-22-12-15(3)27-20)19(26)16-8-10-17(11-9-16)21(4,5)6/h8-12,14H,7,13H2,1-6H3,(H,22,23,25). The first kappa shape index (κ1) is 21.1. The smallest absolute Gasteiger partial charge is 0.254 e. The molecular weight excluding hydrogens is 358 g/mol. The summed E-state index contributed by atoms with van der Waals surface area (Å²) < 4.78 is 0. The highest BCUT2D eigenvalue weighted by molar-refractivity contribution is 7.15. The summed E-state index contributed by atoms with van der Waals surface area (Å²) in [5, 5.41) is 3.34. The van der Waals surface area contributed by atoms with E-state index in [1.54, 1.807) is 11.1 Å². The topological polar surface area (TPSA) is 62.3 Å². The Hall–Kier alpha value is -2.21. The third kappa shape index (κ3) is 5.63. The second-order valence-corrected chi connectivity index (χ2v) is 9.08. The summed E-state index contributed by atoms with van der Waals surface area (Å²) in [6, 6.07) is 7.63. The van der Waals surface area contributed by atoms with Crippen molar-refractivity contribution in [3.8, 4) is 0 Å². The van der Waals surface area contributed by atoms with Crippen LogP contribution in [0.1, 0.15) is 61.8 Å². The number of anilines is 1. The minimum Gasteiger partial charge on any atom is -0.327 e. The van der Waals surface area contributed by atoms with Crippen molar-refractivity contribution in [3.63, 3.8) is 0 Å². The third-order valence-corrected chi connectivity index (χ3v) is 5.39. The number of hydrogen-bond donors (Lipinski definition) is 1. The van der Waals surface area contributed by atoms with E-state index < -0.39 is 0 Å². The van der Waals surface area contributed by atoms with Gasteiger partial charge in [-0.15, -0.1) is 11.3 Å². The molecule has 0 aliphatic heterocycles. The van der Waals surface area contributed by atoms with E-state index in [4.69, 9.17) is 0 Å². The van der Waals surface area contributed by atoms with Crippen molar-refractivity contribution < 1.29 is 9.59 Å². The highest BCUT2D eigenvalue weighted by Crippen LogP contribution is 2.23. The zero-order chi connectivity index (χ0) is 20.2. The van der Waals surface area contributed by atoms with Crippen LogP contribution in [0.2, 0.25) is 0 Å². The molecule has 2 rings (SSSR count). The first-order valence-corrected chi connectivity index (χ1v) is 10.1. The Balaban J connectivity index is 2.14. The van der Waals surface area contributed by atoms with E-state index in [-0.39, 0.29) is 29.8 Å². The van der Waals surface area contributed by atoms with Gasteiger partial charge in [-0.3, -0.25) is 9.59 Å². The molecule has 6 heteroatoms. The molecule has 0 spiro atoms. The summed E-state index contributed by atoms with van der Waals surface area (Å²) in [5.41, 5.74) is 1.80. The molecule has 0 bridgehead atoms. The van der Waals surface area contributed by atoms with Crippen LogP contribution in [0.3, 0.4) is 0 Å². The van der Waals surface area contributed by atoms with E-state index in [0.717, 1.165) is 11.3 Å². The largest absolute Gasteiger partial charge is 0.327 e. The number of benzene rings is 1. The quantitative estimate of drug-likeness (QED) is 0.786. The maximum Gasteiger partial charge on any atom is 0.254 e. The lowest BCUT2D eigenvalue weighted by Crippen LogP contribution is -2.43. The number of carbonyl (C=O) groups is 2. The summed E-state index contributed by atoms with van der Waals surface area (Å²) in [5.74, 6) is -0.361. The van der Waals surface area contributed by atoms with Crippen LogP contribution in [0.4, 0.5) is 5.13 Å². The molecule has 2 aromatic rings. The van der Waals surface area contributed by atoms with E-state index >= 15 is 0 Å². The zero-order valence-corrected chi connectivity index (χ0v) is 17.8. The van der Waals surface area contributed by atoms with Crippen LogP contribution in [0.15, 0.2) is 30.5 Å². The second kappa shape index (κ2) is 8.65. The summed E-state index contributed by atoms with van der Waals surface area (Å²) in [6.07, 6.45) is 2.49. The monoisotopic (exact) mass is 387 g/mol. The van der Waals surface area contributed by atoms with Crippen LogP contribution in [-0.4, -0.2) is 34.3 Å². The van der Waals surface area contributed by atoms with Gasteiger partial charge in [0.2, 0.25) is 5.91 Å². The highest BCUT2D eigenvalue weighted by Gasteiger charge is 2.24. The predicted octanol–water partition coefficient (Wildman–Crippen LogP) is 4.63. The molecule has 2 amide bonds. The number of nitrogens with zero attached hydrogens (tertiary/aromatic N) is 2. The van der Waals surface area contributed by atoms with Gasteiger partial charge in [0.05, 0.1) is 0 Å². The Labute approximate surface area is 165 Å². The van der Waals surface area contributed by atoms with Crippen molar-refractivity contribution in [1.29, 1.82) is 0 Å². The number of aromatic nitrogens is 1. The van der Waals surface area contributed by atoms with Gasteiger partial charge in [0.1, 0.15) is 6.54 Å². The summed E-state index contributed by atoms with van der Waals surface area (Å²) >= 11 is 1.42. The van der Waals surface area contributed by atoms with Gasteiger partial charge in [-0.1, -0.05) is 39.8 Å². The van der Waals surface area contributed by atoms with Crippen molar-refractivity contribution in [2.45, 2.75) is 59.4 Å². The number of carbonyl (C=O) groups excluding carboxylic acids is 2. The molecule has 0 aliphatic rings. The number of aryl methyl sites for hydroxylation is 1. The average molecular weight is 388 g/mol. The van der Waals surface area contributed by atoms with E-state index in [2.05, 4.69) is 31.1 Å². The van der Waals surface area contributed by atoms with Gasteiger partial charge in [-0.05, 0) is 43.4 Å². The normalized spacial score (nSPS) is 12.5. The second-order valence-electron chi connectivity index (χ2n) is 7.84. The molecule has 146 valence electrons. The molecule has 1 atom stereocenters. The van der Waals surface area contributed by atoms with E-state index in [1.165, 1.54) is 16.9 Å². The van der Waals surface area contributed by atoms with Crippen molar-refractivity contribution in [2.75, 3.05) is 11.9 Å². The van der Waals surface area contributed by atoms with Crippen LogP contribution in [0.25, 0.3) is 0 Å². The van der Waals surface area contributed by atoms with Crippen molar-refractivity contribution in [1.82, 2.24) is 9.88 Å². The Bertz CT molecular complexity index is 791. The average Bonchev–Trinajstić information content (AvgIpc) is 3.02. The van der Waals surface area contributed by atoms with Gasteiger partial charge in [0, 0.05) is 22.7 Å². The summed E-state index contributed by atoms with van der Waals surface area (Å²) in [4.78, 5) is 32.3. The molecule has 0 radical (unpaired) electrons. The molecule has 1 unspecified atom stereocenters. The molecular formula is C21H29N3O2S. The fraction of sp³-hybridized carbons (Fsp3) is 0.476. The van der Waals surface area contributed by atoms with Crippen molar-refractivity contribution in [3.05, 3.63) is 46.5 Å². The minimum atomic E-state index is -0.232. The number of thiazole rings is 1. The molecule has 0 saturated heterocycles. The molecule has 1 aromatic carbocycles. The Morgan fingerprint density at radius 2 is 1.85 bits per heavy atom. The van der Waals surface area contributed by atoms with Gasteiger partial charge in [0.15, 0.2) is 5.13 Å². The molecule has 27 heavy (non-hydrogen) atoms. The third-order valence-electron chi connectivity index (χ3n) is 4.56. The molecule has 1 heterocycles. The molecule has 0 aliphatic carbocycles. The van der Waals surface area contributed by atoms with Crippen LogP contribution in [0.5, 0.6) is 0 Å². The fourth-order valence-electron chi connectivity index (χ4n) is 2.65. The lowest BCUT2D eigenvalue weighted by Gasteiger charge is -2.28. The number of rotatable bonds is 6. The highest BCUT2D eigenvalue weighted by atomic mass is 32.1. The maximum atomic E-state index is 13.0. The van der Waals surface area contributed by atoms with Crippen LogP contribution >= 0.6 is 11.3 Å². The Morgan fingerprint density at radius 3 is 2.33 bits per heavy atom. The lowest BCUT2D eigenvalue weighted by molar-refractivity contribution is -0.117.